The van der Waals surface area contributed by atoms with Crippen molar-refractivity contribution in [2.45, 2.75) is 12.6 Å². The minimum atomic E-state index is -4.46. The van der Waals surface area contributed by atoms with E-state index in [4.69, 9.17) is 0 Å². The maximum atomic E-state index is 12.2. The molecule has 2 rings (SSSR count). The van der Waals surface area contributed by atoms with E-state index in [1.165, 1.54) is 16.7 Å². The summed E-state index contributed by atoms with van der Waals surface area (Å²) in [5.41, 5.74) is 0.142. The largest absolute Gasteiger partial charge is 0.396 e. The Morgan fingerprint density at radius 2 is 2.06 bits per heavy atom. The van der Waals surface area contributed by atoms with E-state index in [1.807, 2.05) is 0 Å². The first-order valence-corrected chi connectivity index (χ1v) is 6.31. The SMILES string of the molecule is O=C(CC(F)(F)F)c1csc2c(Br)cccc12. The summed E-state index contributed by atoms with van der Waals surface area (Å²) < 4.78 is 38.0. The van der Waals surface area contributed by atoms with Gasteiger partial charge in [-0.3, -0.25) is 4.79 Å². The molecule has 0 amide bonds. The van der Waals surface area contributed by atoms with Crippen molar-refractivity contribution < 1.29 is 18.0 Å². The van der Waals surface area contributed by atoms with Gasteiger partial charge in [-0.25, -0.2) is 0 Å². The quantitative estimate of drug-likeness (QED) is 0.726. The Morgan fingerprint density at radius 1 is 1.35 bits per heavy atom. The predicted octanol–water partition coefficient (Wildman–Crippen LogP) is 4.80. The van der Waals surface area contributed by atoms with Crippen LogP contribution < -0.4 is 0 Å². The van der Waals surface area contributed by atoms with Gasteiger partial charge in [0.1, 0.15) is 6.42 Å². The highest BCUT2D eigenvalue weighted by Crippen LogP contribution is 2.34. The first-order valence-electron chi connectivity index (χ1n) is 4.64. The molecule has 0 fully saturated rings. The topological polar surface area (TPSA) is 17.1 Å². The molecule has 90 valence electrons. The molecule has 6 heteroatoms. The normalized spacial score (nSPS) is 12.0. The third-order valence-electron chi connectivity index (χ3n) is 2.21. The third kappa shape index (κ3) is 2.69. The fourth-order valence-electron chi connectivity index (χ4n) is 1.52. The number of carbonyl (C=O) groups is 1. The van der Waals surface area contributed by atoms with Gasteiger partial charge in [-0.2, -0.15) is 13.2 Å². The zero-order valence-electron chi connectivity index (χ0n) is 8.34. The Morgan fingerprint density at radius 3 is 2.71 bits per heavy atom. The first-order chi connectivity index (χ1) is 7.88. The Bertz CT molecular complexity index is 574. The molecule has 0 N–H and O–H groups in total. The molecule has 2 aromatic rings. The minimum Gasteiger partial charge on any atom is -0.294 e. The van der Waals surface area contributed by atoms with Crippen LogP contribution in [-0.4, -0.2) is 12.0 Å². The number of hydrogen-bond acceptors (Lipinski definition) is 2. The summed E-state index contributed by atoms with van der Waals surface area (Å²) in [5, 5.41) is 2.04. The van der Waals surface area contributed by atoms with E-state index in [2.05, 4.69) is 15.9 Å². The molecule has 0 bridgehead atoms. The van der Waals surface area contributed by atoms with Crippen molar-refractivity contribution in [1.82, 2.24) is 0 Å². The average Bonchev–Trinajstić information content (AvgIpc) is 2.60. The summed E-state index contributed by atoms with van der Waals surface area (Å²) >= 11 is 4.56. The average molecular weight is 323 g/mol. The van der Waals surface area contributed by atoms with E-state index in [0.29, 0.717) is 5.39 Å². The second kappa shape index (κ2) is 4.42. The van der Waals surface area contributed by atoms with E-state index in [-0.39, 0.29) is 5.56 Å². The summed E-state index contributed by atoms with van der Waals surface area (Å²) in [6, 6.07) is 5.14. The number of rotatable bonds is 2. The standard InChI is InChI=1S/C11H6BrF3OS/c12-8-3-1-2-6-7(5-17-10(6)8)9(16)4-11(13,14)15/h1-3,5H,4H2. The van der Waals surface area contributed by atoms with Crippen LogP contribution in [0.3, 0.4) is 0 Å². The van der Waals surface area contributed by atoms with E-state index >= 15 is 0 Å². The van der Waals surface area contributed by atoms with Gasteiger partial charge in [0.2, 0.25) is 0 Å². The molecule has 1 aromatic carbocycles. The summed E-state index contributed by atoms with van der Waals surface area (Å²) in [5.74, 6) is -0.887. The number of halogens is 4. The van der Waals surface area contributed by atoms with Crippen molar-refractivity contribution in [3.63, 3.8) is 0 Å². The van der Waals surface area contributed by atoms with Gasteiger partial charge in [0.15, 0.2) is 5.78 Å². The fourth-order valence-corrected chi connectivity index (χ4v) is 3.14. The molecule has 0 aliphatic carbocycles. The number of fused-ring (bicyclic) bond motifs is 1. The molecule has 0 saturated carbocycles. The summed E-state index contributed by atoms with van der Waals surface area (Å²) in [4.78, 5) is 11.5. The number of carbonyl (C=O) groups excluding carboxylic acids is 1. The van der Waals surface area contributed by atoms with Gasteiger partial charge in [-0.15, -0.1) is 11.3 Å². The summed E-state index contributed by atoms with van der Waals surface area (Å²) in [6.07, 6.45) is -5.87. The molecule has 0 unspecified atom stereocenters. The molecular weight excluding hydrogens is 317 g/mol. The molecule has 0 saturated heterocycles. The number of Topliss-reactive ketones (excluding diaryl/α,β-unsaturated/α-hetero) is 1. The van der Waals surface area contributed by atoms with Crippen molar-refractivity contribution in [3.05, 3.63) is 33.6 Å². The number of ketones is 1. The summed E-state index contributed by atoms with van der Waals surface area (Å²) in [6.45, 7) is 0. The van der Waals surface area contributed by atoms with Crippen molar-refractivity contribution in [3.8, 4) is 0 Å². The monoisotopic (exact) mass is 322 g/mol. The zero-order chi connectivity index (χ0) is 12.6. The van der Waals surface area contributed by atoms with Crippen LogP contribution in [0.2, 0.25) is 0 Å². The highest BCUT2D eigenvalue weighted by molar-refractivity contribution is 9.10. The van der Waals surface area contributed by atoms with Crippen LogP contribution in [0.1, 0.15) is 16.8 Å². The number of thiophene rings is 1. The van der Waals surface area contributed by atoms with Crippen molar-refractivity contribution in [2.75, 3.05) is 0 Å². The van der Waals surface area contributed by atoms with Crippen LogP contribution in [0, 0.1) is 0 Å². The third-order valence-corrected chi connectivity index (χ3v) is 4.17. The Hall–Kier alpha value is -0.880. The molecule has 1 aromatic heterocycles. The predicted molar refractivity (Wildman–Crippen MR) is 64.5 cm³/mol. The molecule has 0 aliphatic heterocycles. The van der Waals surface area contributed by atoms with E-state index in [9.17, 15) is 18.0 Å². The van der Waals surface area contributed by atoms with Crippen molar-refractivity contribution in [2.24, 2.45) is 0 Å². The molecular formula is C11H6BrF3OS. The molecule has 0 spiro atoms. The molecule has 0 aliphatic rings. The van der Waals surface area contributed by atoms with Gasteiger partial charge in [0.05, 0.1) is 0 Å². The van der Waals surface area contributed by atoms with Crippen molar-refractivity contribution in [1.29, 1.82) is 0 Å². The maximum absolute atomic E-state index is 12.2. The Labute approximate surface area is 107 Å². The fraction of sp³-hybridized carbons (Fsp3) is 0.182. The smallest absolute Gasteiger partial charge is 0.294 e. The Balaban J connectivity index is 2.43. The van der Waals surface area contributed by atoms with Gasteiger partial charge in [0, 0.05) is 25.5 Å². The van der Waals surface area contributed by atoms with E-state index in [1.54, 1.807) is 18.2 Å². The maximum Gasteiger partial charge on any atom is 0.396 e. The Kier molecular flexibility index (Phi) is 3.27. The lowest BCUT2D eigenvalue weighted by Crippen LogP contribution is -2.14. The first kappa shape index (κ1) is 12.6. The molecule has 1 nitrogen and oxygen atoms in total. The van der Waals surface area contributed by atoms with Gasteiger partial charge in [-0.05, 0) is 22.0 Å². The van der Waals surface area contributed by atoms with Gasteiger partial charge >= 0.3 is 6.18 Å². The second-order valence-corrected chi connectivity index (χ2v) is 5.22. The summed E-state index contributed by atoms with van der Waals surface area (Å²) in [7, 11) is 0. The van der Waals surface area contributed by atoms with Crippen LogP contribution in [0.15, 0.2) is 28.1 Å². The minimum absolute atomic E-state index is 0.142. The lowest BCUT2D eigenvalue weighted by atomic mass is 10.1. The van der Waals surface area contributed by atoms with Crippen LogP contribution in [0.5, 0.6) is 0 Å². The molecule has 17 heavy (non-hydrogen) atoms. The highest BCUT2D eigenvalue weighted by atomic mass is 79.9. The lowest BCUT2D eigenvalue weighted by molar-refractivity contribution is -0.125. The van der Waals surface area contributed by atoms with E-state index in [0.717, 1.165) is 9.17 Å². The number of alkyl halides is 3. The van der Waals surface area contributed by atoms with E-state index < -0.39 is 18.4 Å². The zero-order valence-corrected chi connectivity index (χ0v) is 10.7. The van der Waals surface area contributed by atoms with Crippen LogP contribution in [0.25, 0.3) is 10.1 Å². The van der Waals surface area contributed by atoms with Crippen LogP contribution in [0.4, 0.5) is 13.2 Å². The van der Waals surface area contributed by atoms with Crippen molar-refractivity contribution >= 4 is 43.1 Å². The molecule has 0 radical (unpaired) electrons. The van der Waals surface area contributed by atoms with Gasteiger partial charge in [0.25, 0.3) is 0 Å². The molecule has 1 heterocycles. The number of hydrogen-bond donors (Lipinski definition) is 0. The highest BCUT2D eigenvalue weighted by Gasteiger charge is 2.32. The lowest BCUT2D eigenvalue weighted by Gasteiger charge is -2.04. The second-order valence-electron chi connectivity index (χ2n) is 3.48. The van der Waals surface area contributed by atoms with Gasteiger partial charge in [-0.1, -0.05) is 12.1 Å². The van der Waals surface area contributed by atoms with Crippen LogP contribution >= 0.6 is 27.3 Å². The molecule has 0 atom stereocenters. The van der Waals surface area contributed by atoms with Crippen LogP contribution in [-0.2, 0) is 0 Å². The number of benzene rings is 1. The van der Waals surface area contributed by atoms with Gasteiger partial charge < -0.3 is 0 Å².